The molecule has 15 N–H and O–H groups in total. The van der Waals surface area contributed by atoms with Crippen molar-refractivity contribution in [2.24, 2.45) is 0 Å². The van der Waals surface area contributed by atoms with E-state index in [1.165, 1.54) is 21.1 Å². The smallest absolute Gasteiger partial charge is 0.256 e. The Morgan fingerprint density at radius 2 is 0.671 bits per heavy atom. The van der Waals surface area contributed by atoms with Crippen molar-refractivity contribution in [1.29, 1.82) is 0 Å². The van der Waals surface area contributed by atoms with E-state index >= 15 is 4.79 Å². The fourth-order valence-corrected chi connectivity index (χ4v) is 20.7. The molecule has 3 rings (SSSR count). The Kier molecular flexibility index (Phi) is 34.0. The molecule has 9 amide bonds. The molecular formula is C48H56I9N9O19. The van der Waals surface area contributed by atoms with Gasteiger partial charge in [-0.05, 0) is 210 Å². The molecule has 85 heavy (non-hydrogen) atoms. The quantitative estimate of drug-likeness (QED) is 0.0327. The van der Waals surface area contributed by atoms with E-state index in [2.05, 4.69) is 26.6 Å². The molecule has 0 spiro atoms. The van der Waals surface area contributed by atoms with Gasteiger partial charge in [-0.15, -0.1) is 0 Å². The molecule has 0 saturated heterocycles. The van der Waals surface area contributed by atoms with Crippen molar-refractivity contribution in [3.8, 4) is 0 Å². The summed E-state index contributed by atoms with van der Waals surface area (Å²) in [7, 11) is 4.00. The van der Waals surface area contributed by atoms with Crippen LogP contribution in [-0.4, -0.2) is 255 Å². The molecule has 4 unspecified atom stereocenters. The molecule has 0 saturated carbocycles. The average molecular weight is 2210 g/mol. The summed E-state index contributed by atoms with van der Waals surface area (Å²) in [5.41, 5.74) is -0.847. The Bertz CT molecular complexity index is 3060. The zero-order valence-corrected chi connectivity index (χ0v) is 64.0. The number of carbonyl (C=O) groups is 9. The number of hydrogen-bond acceptors (Lipinski definition) is 19. The molecule has 4 atom stereocenters. The second-order valence-electron chi connectivity index (χ2n) is 18.1. The number of benzene rings is 3. The maximum atomic E-state index is 15.3. The summed E-state index contributed by atoms with van der Waals surface area (Å²) in [6, 6.07) is 0. The van der Waals surface area contributed by atoms with Gasteiger partial charge in [0.05, 0.1) is 116 Å². The van der Waals surface area contributed by atoms with Gasteiger partial charge in [-0.1, -0.05) is 0 Å². The minimum atomic E-state index is -1.64. The molecular weight excluding hydrogens is 2150 g/mol. The van der Waals surface area contributed by atoms with Gasteiger partial charge < -0.3 is 97.2 Å². The first-order chi connectivity index (χ1) is 39.8. The van der Waals surface area contributed by atoms with Crippen molar-refractivity contribution in [3.05, 3.63) is 65.5 Å². The van der Waals surface area contributed by atoms with Crippen molar-refractivity contribution in [2.75, 3.05) is 123 Å². The number of aliphatic hydroxyl groups is 10. The minimum Gasteiger partial charge on any atom is -0.394 e. The molecule has 28 nitrogen and oxygen atoms in total. The van der Waals surface area contributed by atoms with Gasteiger partial charge in [0.2, 0.25) is 17.7 Å². The van der Waals surface area contributed by atoms with E-state index in [0.29, 0.717) is 0 Å². The summed E-state index contributed by atoms with van der Waals surface area (Å²) >= 11 is 16.0. The van der Waals surface area contributed by atoms with Crippen LogP contribution in [0.25, 0.3) is 0 Å². The maximum absolute atomic E-state index is 15.3. The first-order valence-electron chi connectivity index (χ1n) is 24.3. The molecule has 470 valence electrons. The van der Waals surface area contributed by atoms with Crippen LogP contribution in [0, 0.1) is 32.1 Å². The summed E-state index contributed by atoms with van der Waals surface area (Å²) in [4.78, 5) is 128. The standard InChI is InChI=1S/C48H56I9N9O19/c1-63(8-19(74)12-67)45(82)27-31(49)25(34(52)40(36(27)54)60-22(77)15-70)43(80)58-5-4-6-66(48(85)30-33(51)29(47(84)65(3)10-21(76)14-69)38(56)42(39(30)57)62-24(79)17-72)11-18(73)7-59-44(81)26-32(50)28(46(83)64(2)9-20(75)13-68)37(55)41(35(26)53)61-23(78)16-71/h18-21,67-76H,4-17H2,1-3H3,(H,58,80)(H,59,81)(H,60,77)(H,61,78)(H,62,79). The molecule has 0 heterocycles. The Hall–Kier alpha value is -0.940. The van der Waals surface area contributed by atoms with Gasteiger partial charge in [0.15, 0.2) is 0 Å². The molecule has 3 aromatic rings. The Labute approximate surface area is 608 Å². The molecule has 0 aliphatic rings. The van der Waals surface area contributed by atoms with E-state index < -0.39 is 130 Å². The predicted octanol–water partition coefficient (Wildman–Crippen LogP) is 0.249. The van der Waals surface area contributed by atoms with Gasteiger partial charge in [0.25, 0.3) is 35.4 Å². The monoisotopic (exact) mass is 2200 g/mol. The van der Waals surface area contributed by atoms with Crippen LogP contribution in [0.1, 0.15) is 68.6 Å². The van der Waals surface area contributed by atoms with Gasteiger partial charge in [-0.2, -0.15) is 0 Å². The van der Waals surface area contributed by atoms with Crippen LogP contribution in [0.15, 0.2) is 0 Å². The molecule has 3 aromatic carbocycles. The number of carbonyl (C=O) groups excluding carboxylic acids is 9. The summed E-state index contributed by atoms with van der Waals surface area (Å²) in [6.07, 6.45) is -5.76. The van der Waals surface area contributed by atoms with Gasteiger partial charge >= 0.3 is 0 Å². The molecule has 0 aliphatic carbocycles. The number of halogens is 9. The zero-order chi connectivity index (χ0) is 64.6. The van der Waals surface area contributed by atoms with Gasteiger partial charge in [-0.3, -0.25) is 43.2 Å². The number of hydrogen-bond donors (Lipinski definition) is 15. The second kappa shape index (κ2) is 36.9. The van der Waals surface area contributed by atoms with E-state index in [9.17, 15) is 89.4 Å². The summed E-state index contributed by atoms with van der Waals surface area (Å²) in [5, 5.41) is 113. The highest BCUT2D eigenvalue weighted by molar-refractivity contribution is 14.1. The van der Waals surface area contributed by atoms with Crippen LogP contribution in [-0.2, 0) is 14.4 Å². The van der Waals surface area contributed by atoms with Crippen LogP contribution in [0.2, 0.25) is 0 Å². The van der Waals surface area contributed by atoms with Gasteiger partial charge in [0.1, 0.15) is 19.8 Å². The van der Waals surface area contributed by atoms with Crippen LogP contribution in [0.3, 0.4) is 0 Å². The fraction of sp³-hybridized carbons (Fsp3) is 0.438. The van der Waals surface area contributed by atoms with Crippen LogP contribution in [0.4, 0.5) is 17.1 Å². The third-order valence-electron chi connectivity index (χ3n) is 11.7. The fourth-order valence-electron chi connectivity index (χ4n) is 7.56. The van der Waals surface area contributed by atoms with Crippen LogP contribution >= 0.6 is 203 Å². The lowest BCUT2D eigenvalue weighted by Crippen LogP contribution is -2.44. The number of anilines is 3. The molecule has 0 aromatic heterocycles. The largest absolute Gasteiger partial charge is 0.394 e. The number of nitrogens with one attached hydrogen (secondary N) is 5. The van der Waals surface area contributed by atoms with E-state index in [0.717, 1.165) is 19.6 Å². The van der Waals surface area contributed by atoms with Crippen LogP contribution < -0.4 is 26.6 Å². The molecule has 0 aliphatic heterocycles. The minimum absolute atomic E-state index is 0.00452. The number of rotatable bonds is 29. The summed E-state index contributed by atoms with van der Waals surface area (Å²) in [5.74, 6) is -7.43. The first kappa shape index (κ1) is 78.3. The third kappa shape index (κ3) is 20.5. The zero-order valence-electron chi connectivity index (χ0n) is 44.5. The van der Waals surface area contributed by atoms with Crippen molar-refractivity contribution >= 4 is 274 Å². The summed E-state index contributed by atoms with van der Waals surface area (Å²) < 4.78 is 0.996. The molecule has 0 radical (unpaired) electrons. The van der Waals surface area contributed by atoms with Gasteiger partial charge in [0, 0.05) is 77.7 Å². The van der Waals surface area contributed by atoms with Gasteiger partial charge in [-0.25, -0.2) is 0 Å². The van der Waals surface area contributed by atoms with E-state index in [4.69, 9.17) is 0 Å². The lowest BCUT2D eigenvalue weighted by Gasteiger charge is -2.29. The van der Waals surface area contributed by atoms with E-state index in [-0.39, 0.29) is 122 Å². The Balaban J connectivity index is 2.22. The number of nitrogens with zero attached hydrogens (tertiary/aromatic N) is 4. The van der Waals surface area contributed by atoms with Crippen molar-refractivity contribution in [3.63, 3.8) is 0 Å². The lowest BCUT2D eigenvalue weighted by atomic mass is 10.1. The molecule has 0 fully saturated rings. The maximum Gasteiger partial charge on any atom is 0.256 e. The average Bonchev–Trinajstić information content (AvgIpc) is 3.59. The Morgan fingerprint density at radius 3 is 0.976 bits per heavy atom. The van der Waals surface area contributed by atoms with Crippen molar-refractivity contribution in [1.82, 2.24) is 30.2 Å². The van der Waals surface area contributed by atoms with Crippen LogP contribution in [0.5, 0.6) is 0 Å². The number of aliphatic hydroxyl groups excluding tert-OH is 10. The van der Waals surface area contributed by atoms with Crippen molar-refractivity contribution in [2.45, 2.75) is 30.8 Å². The Morgan fingerprint density at radius 1 is 0.388 bits per heavy atom. The normalized spacial score (nSPS) is 12.5. The third-order valence-corrected chi connectivity index (χ3v) is 21.4. The SMILES string of the molecule is CN(CC(O)CO)C(=O)c1c(I)c(NC(=O)CO)c(I)c(C(=O)NCCCN(CC(O)CNC(=O)c2c(I)c(NC(=O)CO)c(I)c(C(=O)N(C)CC(O)CO)c2I)C(=O)c2c(I)c(NC(=O)CO)c(I)c(C(=O)N(C)CC(O)CO)c2I)c1I. The highest BCUT2D eigenvalue weighted by Gasteiger charge is 2.36. The number of likely N-dealkylation sites (N-methyl/N-ethyl adjacent to an activating group) is 3. The lowest BCUT2D eigenvalue weighted by molar-refractivity contribution is -0.119. The van der Waals surface area contributed by atoms with E-state index in [1.807, 2.05) is 0 Å². The highest BCUT2D eigenvalue weighted by atomic mass is 127. The highest BCUT2D eigenvalue weighted by Crippen LogP contribution is 2.40. The predicted molar refractivity (Wildman–Crippen MR) is 382 cm³/mol. The molecule has 37 heteroatoms. The van der Waals surface area contributed by atoms with E-state index in [1.54, 1.807) is 203 Å². The number of amides is 9. The first-order valence-corrected chi connectivity index (χ1v) is 34.0. The molecule has 0 bridgehead atoms. The summed E-state index contributed by atoms with van der Waals surface area (Å²) in [6.45, 7) is -7.72. The second-order valence-corrected chi connectivity index (χ2v) is 27.8. The topological polar surface area (TPSA) is 429 Å². The van der Waals surface area contributed by atoms with Crippen molar-refractivity contribution < 1.29 is 94.2 Å².